The van der Waals surface area contributed by atoms with Crippen LogP contribution in [-0.4, -0.2) is 19.3 Å². The van der Waals surface area contributed by atoms with E-state index in [4.69, 9.17) is 4.74 Å². The van der Waals surface area contributed by atoms with Crippen LogP contribution in [0.5, 0.6) is 5.75 Å². The standard InChI is InChI=1S/C13H17BrF3NO/c1-2-18-9-10-8-11(4-5-12(10)14)19-7-3-6-13(15,16)17/h4-5,8,18H,2-3,6-7,9H2,1H3. The van der Waals surface area contributed by atoms with Crippen molar-refractivity contribution in [3.8, 4) is 5.75 Å². The molecule has 0 unspecified atom stereocenters. The summed E-state index contributed by atoms with van der Waals surface area (Å²) in [5.74, 6) is 0.596. The molecule has 6 heteroatoms. The molecule has 1 aromatic rings. The molecular weight excluding hydrogens is 323 g/mol. The molecule has 0 bridgehead atoms. The molecule has 0 aromatic heterocycles. The maximum absolute atomic E-state index is 12.0. The molecule has 0 amide bonds. The van der Waals surface area contributed by atoms with Gasteiger partial charge in [0.05, 0.1) is 6.61 Å². The molecule has 2 nitrogen and oxygen atoms in total. The van der Waals surface area contributed by atoms with Gasteiger partial charge in [0.2, 0.25) is 0 Å². The van der Waals surface area contributed by atoms with Crippen LogP contribution < -0.4 is 10.1 Å². The quantitative estimate of drug-likeness (QED) is 0.748. The molecule has 1 rings (SSSR count). The Morgan fingerprint density at radius 1 is 1.32 bits per heavy atom. The summed E-state index contributed by atoms with van der Waals surface area (Å²) in [6.45, 7) is 3.62. The highest BCUT2D eigenvalue weighted by atomic mass is 79.9. The predicted molar refractivity (Wildman–Crippen MR) is 72.3 cm³/mol. The Hall–Kier alpha value is -0.750. The van der Waals surface area contributed by atoms with E-state index in [9.17, 15) is 13.2 Å². The molecule has 0 saturated heterocycles. The van der Waals surface area contributed by atoms with Crippen molar-refractivity contribution < 1.29 is 17.9 Å². The number of rotatable bonds is 7. The van der Waals surface area contributed by atoms with Gasteiger partial charge in [-0.1, -0.05) is 22.9 Å². The third-order valence-corrected chi connectivity index (χ3v) is 3.23. The lowest BCUT2D eigenvalue weighted by Crippen LogP contribution is -2.12. The largest absolute Gasteiger partial charge is 0.494 e. The van der Waals surface area contributed by atoms with Crippen molar-refractivity contribution in [3.63, 3.8) is 0 Å². The molecule has 108 valence electrons. The van der Waals surface area contributed by atoms with Gasteiger partial charge in [-0.05, 0) is 36.7 Å². The van der Waals surface area contributed by atoms with Gasteiger partial charge in [0.1, 0.15) is 5.75 Å². The van der Waals surface area contributed by atoms with Crippen molar-refractivity contribution >= 4 is 15.9 Å². The molecule has 0 aliphatic carbocycles. The van der Waals surface area contributed by atoms with Gasteiger partial charge in [0.15, 0.2) is 0 Å². The molecular formula is C13H17BrF3NO. The van der Waals surface area contributed by atoms with E-state index >= 15 is 0 Å². The minimum absolute atomic E-state index is 0.0257. The highest BCUT2D eigenvalue weighted by Gasteiger charge is 2.26. The molecule has 0 aliphatic rings. The zero-order chi connectivity index (χ0) is 14.3. The molecule has 0 heterocycles. The summed E-state index contributed by atoms with van der Waals surface area (Å²) in [4.78, 5) is 0. The molecule has 0 aliphatic heterocycles. The molecule has 0 atom stereocenters. The summed E-state index contributed by atoms with van der Waals surface area (Å²) < 4.78 is 42.2. The van der Waals surface area contributed by atoms with Gasteiger partial charge in [-0.2, -0.15) is 13.2 Å². The first kappa shape index (κ1) is 16.3. The predicted octanol–water partition coefficient (Wildman–Crippen LogP) is 4.28. The Labute approximate surface area is 119 Å². The zero-order valence-corrected chi connectivity index (χ0v) is 12.3. The van der Waals surface area contributed by atoms with E-state index in [-0.39, 0.29) is 13.0 Å². The van der Waals surface area contributed by atoms with Crippen LogP contribution in [0, 0.1) is 0 Å². The Morgan fingerprint density at radius 2 is 2.05 bits per heavy atom. The average Bonchev–Trinajstić information content (AvgIpc) is 2.33. The Morgan fingerprint density at radius 3 is 2.68 bits per heavy atom. The van der Waals surface area contributed by atoms with E-state index in [0.717, 1.165) is 16.6 Å². The van der Waals surface area contributed by atoms with Crippen LogP contribution in [-0.2, 0) is 6.54 Å². The summed E-state index contributed by atoms with van der Waals surface area (Å²) >= 11 is 3.42. The monoisotopic (exact) mass is 339 g/mol. The number of alkyl halides is 3. The second-order valence-electron chi connectivity index (χ2n) is 4.10. The first-order chi connectivity index (χ1) is 8.92. The summed E-state index contributed by atoms with van der Waals surface area (Å²) in [5.41, 5.74) is 1.02. The molecule has 1 N–H and O–H groups in total. The Bertz CT molecular complexity index is 396. The fourth-order valence-electron chi connectivity index (χ4n) is 1.50. The van der Waals surface area contributed by atoms with Gasteiger partial charge in [-0.25, -0.2) is 0 Å². The Kier molecular flexibility index (Phi) is 6.65. The van der Waals surface area contributed by atoms with Crippen LogP contribution in [0.3, 0.4) is 0 Å². The van der Waals surface area contributed by atoms with Gasteiger partial charge in [-0.15, -0.1) is 0 Å². The van der Waals surface area contributed by atoms with Crippen molar-refractivity contribution in [1.29, 1.82) is 0 Å². The van der Waals surface area contributed by atoms with Crippen molar-refractivity contribution in [2.45, 2.75) is 32.5 Å². The molecule has 0 fully saturated rings. The lowest BCUT2D eigenvalue weighted by molar-refractivity contribution is -0.136. The molecule has 0 radical (unpaired) electrons. The van der Waals surface area contributed by atoms with E-state index in [1.807, 2.05) is 19.1 Å². The second-order valence-corrected chi connectivity index (χ2v) is 4.96. The van der Waals surface area contributed by atoms with Gasteiger partial charge < -0.3 is 10.1 Å². The lowest BCUT2D eigenvalue weighted by atomic mass is 10.2. The summed E-state index contributed by atoms with van der Waals surface area (Å²) in [6, 6.07) is 5.42. The number of ether oxygens (including phenoxy) is 1. The number of hydrogen-bond acceptors (Lipinski definition) is 2. The second kappa shape index (κ2) is 7.75. The number of hydrogen-bond donors (Lipinski definition) is 1. The maximum atomic E-state index is 12.0. The third kappa shape index (κ3) is 6.82. The lowest BCUT2D eigenvalue weighted by Gasteiger charge is -2.11. The summed E-state index contributed by atoms with van der Waals surface area (Å²) in [6.07, 6.45) is -4.95. The van der Waals surface area contributed by atoms with Crippen molar-refractivity contribution in [1.82, 2.24) is 5.32 Å². The molecule has 1 aromatic carbocycles. The van der Waals surface area contributed by atoms with Crippen LogP contribution in [0.1, 0.15) is 25.3 Å². The van der Waals surface area contributed by atoms with Crippen molar-refractivity contribution in [2.75, 3.05) is 13.2 Å². The van der Waals surface area contributed by atoms with Crippen LogP contribution in [0.4, 0.5) is 13.2 Å². The minimum Gasteiger partial charge on any atom is -0.494 e. The van der Waals surface area contributed by atoms with Gasteiger partial charge in [-0.3, -0.25) is 0 Å². The third-order valence-electron chi connectivity index (χ3n) is 2.46. The number of benzene rings is 1. The van der Waals surface area contributed by atoms with Gasteiger partial charge in [0.25, 0.3) is 0 Å². The first-order valence-corrected chi connectivity index (χ1v) is 6.90. The van der Waals surface area contributed by atoms with Crippen molar-refractivity contribution in [3.05, 3.63) is 28.2 Å². The molecule has 0 saturated carbocycles. The molecule has 0 spiro atoms. The normalized spacial score (nSPS) is 11.6. The van der Waals surface area contributed by atoms with Crippen LogP contribution in [0.25, 0.3) is 0 Å². The van der Waals surface area contributed by atoms with E-state index in [0.29, 0.717) is 12.3 Å². The van der Waals surface area contributed by atoms with E-state index in [2.05, 4.69) is 21.2 Å². The fraction of sp³-hybridized carbons (Fsp3) is 0.538. The van der Waals surface area contributed by atoms with Crippen LogP contribution in [0.15, 0.2) is 22.7 Å². The fourth-order valence-corrected chi connectivity index (χ4v) is 1.89. The summed E-state index contributed by atoms with van der Waals surface area (Å²) in [5, 5.41) is 3.19. The topological polar surface area (TPSA) is 21.3 Å². The summed E-state index contributed by atoms with van der Waals surface area (Å²) in [7, 11) is 0. The first-order valence-electron chi connectivity index (χ1n) is 6.11. The highest BCUT2D eigenvalue weighted by molar-refractivity contribution is 9.10. The maximum Gasteiger partial charge on any atom is 0.389 e. The van der Waals surface area contributed by atoms with E-state index in [1.54, 1.807) is 6.07 Å². The zero-order valence-electron chi connectivity index (χ0n) is 10.7. The Balaban J connectivity index is 2.45. The molecule has 19 heavy (non-hydrogen) atoms. The highest BCUT2D eigenvalue weighted by Crippen LogP contribution is 2.24. The van der Waals surface area contributed by atoms with Gasteiger partial charge >= 0.3 is 6.18 Å². The van der Waals surface area contributed by atoms with E-state index in [1.165, 1.54) is 0 Å². The van der Waals surface area contributed by atoms with E-state index < -0.39 is 12.6 Å². The van der Waals surface area contributed by atoms with Crippen LogP contribution >= 0.6 is 15.9 Å². The SMILES string of the molecule is CCNCc1cc(OCCCC(F)(F)F)ccc1Br. The van der Waals surface area contributed by atoms with Crippen LogP contribution in [0.2, 0.25) is 0 Å². The smallest absolute Gasteiger partial charge is 0.389 e. The number of nitrogens with one attached hydrogen (secondary N) is 1. The van der Waals surface area contributed by atoms with Gasteiger partial charge in [0, 0.05) is 17.4 Å². The number of halogens is 4. The minimum atomic E-state index is -4.11. The van der Waals surface area contributed by atoms with Crippen molar-refractivity contribution in [2.24, 2.45) is 0 Å². The average molecular weight is 340 g/mol.